The van der Waals surface area contributed by atoms with Crippen LogP contribution < -0.4 is 0 Å². The Labute approximate surface area is 126 Å². The molecule has 0 unspecified atom stereocenters. The zero-order chi connectivity index (χ0) is 15.1. The molecule has 0 amide bonds. The number of hydrogen-bond donors (Lipinski definition) is 0. The highest BCUT2D eigenvalue weighted by molar-refractivity contribution is 6.33. The van der Waals surface area contributed by atoms with Crippen molar-refractivity contribution in [2.45, 2.75) is 26.2 Å². The average Bonchev–Trinajstić information content (AvgIpc) is 2.66. The standard InChI is InChI=1S/C14H12Cl2FN3/c1-14(2,3)12-8(7-18)13(16)20(19-12)11-9(15)5-4-6-10(11)17/h4-6H,1-3H3. The fourth-order valence-electron chi connectivity index (χ4n) is 1.86. The molecule has 6 heteroatoms. The van der Waals surface area contributed by atoms with Gasteiger partial charge in [-0.05, 0) is 12.1 Å². The molecule has 20 heavy (non-hydrogen) atoms. The van der Waals surface area contributed by atoms with Crippen molar-refractivity contribution in [3.63, 3.8) is 0 Å². The summed E-state index contributed by atoms with van der Waals surface area (Å²) in [5.74, 6) is -0.549. The number of para-hydroxylation sites is 1. The molecule has 0 aliphatic rings. The number of nitrogens with zero attached hydrogens (tertiary/aromatic N) is 3. The summed E-state index contributed by atoms with van der Waals surface area (Å²) < 4.78 is 15.1. The summed E-state index contributed by atoms with van der Waals surface area (Å²) in [5, 5.41) is 13.8. The summed E-state index contributed by atoms with van der Waals surface area (Å²) in [7, 11) is 0. The summed E-state index contributed by atoms with van der Waals surface area (Å²) in [6.07, 6.45) is 0. The number of halogens is 3. The third-order valence-electron chi connectivity index (χ3n) is 2.80. The van der Waals surface area contributed by atoms with Crippen molar-refractivity contribution in [2.75, 3.05) is 0 Å². The van der Waals surface area contributed by atoms with Gasteiger partial charge in [0.2, 0.25) is 0 Å². The van der Waals surface area contributed by atoms with Crippen LogP contribution >= 0.6 is 23.2 Å². The molecule has 0 saturated heterocycles. The largest absolute Gasteiger partial charge is 0.216 e. The van der Waals surface area contributed by atoms with Crippen LogP contribution in [0.15, 0.2) is 18.2 Å². The Kier molecular flexibility index (Phi) is 3.77. The van der Waals surface area contributed by atoms with Crippen LogP contribution in [0.2, 0.25) is 10.2 Å². The Morgan fingerprint density at radius 1 is 1.30 bits per heavy atom. The predicted octanol–water partition coefficient (Wildman–Crippen LogP) is 4.49. The first-order chi connectivity index (χ1) is 9.27. The maximum atomic E-state index is 14.0. The number of rotatable bonds is 1. The molecule has 0 fully saturated rings. The lowest BCUT2D eigenvalue weighted by Gasteiger charge is -2.15. The van der Waals surface area contributed by atoms with Crippen molar-refractivity contribution in [1.29, 1.82) is 5.26 Å². The van der Waals surface area contributed by atoms with E-state index in [2.05, 4.69) is 5.10 Å². The lowest BCUT2D eigenvalue weighted by Crippen LogP contribution is -2.14. The molecule has 0 radical (unpaired) electrons. The quantitative estimate of drug-likeness (QED) is 0.778. The van der Waals surface area contributed by atoms with E-state index in [1.54, 1.807) is 6.07 Å². The van der Waals surface area contributed by atoms with Crippen molar-refractivity contribution in [3.8, 4) is 11.8 Å². The van der Waals surface area contributed by atoms with Crippen LogP contribution in [0.5, 0.6) is 0 Å². The molecule has 0 aliphatic carbocycles. The summed E-state index contributed by atoms with van der Waals surface area (Å²) in [4.78, 5) is 0. The summed E-state index contributed by atoms with van der Waals surface area (Å²) in [5.41, 5.74) is 0.395. The van der Waals surface area contributed by atoms with E-state index in [1.165, 1.54) is 16.8 Å². The van der Waals surface area contributed by atoms with E-state index < -0.39 is 11.2 Å². The van der Waals surface area contributed by atoms with Crippen LogP contribution in [-0.4, -0.2) is 9.78 Å². The van der Waals surface area contributed by atoms with Gasteiger partial charge in [-0.1, -0.05) is 50.0 Å². The molecule has 3 nitrogen and oxygen atoms in total. The first-order valence-corrected chi connectivity index (χ1v) is 6.66. The molecule has 2 rings (SSSR count). The molecule has 1 aromatic carbocycles. The Morgan fingerprint density at radius 3 is 2.40 bits per heavy atom. The van der Waals surface area contributed by atoms with Gasteiger partial charge in [0, 0.05) is 5.41 Å². The zero-order valence-corrected chi connectivity index (χ0v) is 12.7. The Bertz CT molecular complexity index is 688. The number of nitriles is 1. The molecule has 0 N–H and O–H groups in total. The fourth-order valence-corrected chi connectivity index (χ4v) is 2.36. The van der Waals surface area contributed by atoms with Gasteiger partial charge in [0.1, 0.15) is 23.1 Å². The van der Waals surface area contributed by atoms with Gasteiger partial charge in [-0.2, -0.15) is 10.4 Å². The molecule has 0 atom stereocenters. The van der Waals surface area contributed by atoms with Crippen molar-refractivity contribution in [1.82, 2.24) is 9.78 Å². The molecule has 104 valence electrons. The fraction of sp³-hybridized carbons (Fsp3) is 0.286. The second kappa shape index (κ2) is 5.08. The molecule has 1 heterocycles. The highest BCUT2D eigenvalue weighted by Gasteiger charge is 2.28. The highest BCUT2D eigenvalue weighted by Crippen LogP contribution is 2.33. The normalized spacial score (nSPS) is 11.4. The SMILES string of the molecule is CC(C)(C)c1nn(-c2c(F)cccc2Cl)c(Cl)c1C#N. The number of aromatic nitrogens is 2. The first kappa shape index (κ1) is 14.8. The Morgan fingerprint density at radius 2 is 1.95 bits per heavy atom. The number of hydrogen-bond acceptors (Lipinski definition) is 2. The minimum absolute atomic E-state index is 0.0474. The average molecular weight is 312 g/mol. The Balaban J connectivity index is 2.78. The van der Waals surface area contributed by atoms with Crippen LogP contribution in [0.4, 0.5) is 4.39 Å². The van der Waals surface area contributed by atoms with E-state index in [1.807, 2.05) is 26.8 Å². The van der Waals surface area contributed by atoms with E-state index in [0.29, 0.717) is 5.69 Å². The molecule has 2 aromatic rings. The second-order valence-electron chi connectivity index (χ2n) is 5.36. The van der Waals surface area contributed by atoms with E-state index >= 15 is 0 Å². The van der Waals surface area contributed by atoms with Crippen LogP contribution in [0.25, 0.3) is 5.69 Å². The van der Waals surface area contributed by atoms with Gasteiger partial charge < -0.3 is 0 Å². The van der Waals surface area contributed by atoms with Gasteiger partial charge in [0.25, 0.3) is 0 Å². The van der Waals surface area contributed by atoms with Crippen molar-refractivity contribution in [2.24, 2.45) is 0 Å². The topological polar surface area (TPSA) is 41.6 Å². The van der Waals surface area contributed by atoms with Gasteiger partial charge in [0.05, 0.1) is 10.7 Å². The third kappa shape index (κ3) is 2.39. The zero-order valence-electron chi connectivity index (χ0n) is 11.2. The lowest BCUT2D eigenvalue weighted by atomic mass is 9.90. The van der Waals surface area contributed by atoms with Gasteiger partial charge >= 0.3 is 0 Å². The van der Waals surface area contributed by atoms with Crippen LogP contribution in [0, 0.1) is 17.1 Å². The van der Waals surface area contributed by atoms with Gasteiger partial charge in [0.15, 0.2) is 5.15 Å². The van der Waals surface area contributed by atoms with Gasteiger partial charge in [-0.15, -0.1) is 0 Å². The van der Waals surface area contributed by atoms with E-state index in [4.69, 9.17) is 23.2 Å². The summed E-state index contributed by atoms with van der Waals surface area (Å²) in [6.45, 7) is 5.71. The molecule has 1 aromatic heterocycles. The van der Waals surface area contributed by atoms with Crippen LogP contribution in [0.1, 0.15) is 32.0 Å². The monoisotopic (exact) mass is 311 g/mol. The minimum atomic E-state index is -0.549. The maximum absolute atomic E-state index is 14.0. The molecule has 0 bridgehead atoms. The molecule has 0 aliphatic heterocycles. The first-order valence-electron chi connectivity index (χ1n) is 5.91. The lowest BCUT2D eigenvalue weighted by molar-refractivity contribution is 0.554. The summed E-state index contributed by atoms with van der Waals surface area (Å²) in [6, 6.07) is 6.32. The van der Waals surface area contributed by atoms with E-state index in [-0.39, 0.29) is 21.4 Å². The van der Waals surface area contributed by atoms with E-state index in [0.717, 1.165) is 0 Å². The molecule has 0 saturated carbocycles. The minimum Gasteiger partial charge on any atom is -0.216 e. The molecular formula is C14H12Cl2FN3. The molecular weight excluding hydrogens is 300 g/mol. The van der Waals surface area contributed by atoms with E-state index in [9.17, 15) is 9.65 Å². The third-order valence-corrected chi connectivity index (χ3v) is 3.45. The summed E-state index contributed by atoms with van der Waals surface area (Å²) >= 11 is 12.2. The highest BCUT2D eigenvalue weighted by atomic mass is 35.5. The van der Waals surface area contributed by atoms with Crippen LogP contribution in [0.3, 0.4) is 0 Å². The van der Waals surface area contributed by atoms with Crippen LogP contribution in [-0.2, 0) is 5.41 Å². The maximum Gasteiger partial charge on any atom is 0.151 e. The number of benzene rings is 1. The van der Waals surface area contributed by atoms with Gasteiger partial charge in [-0.3, -0.25) is 0 Å². The second-order valence-corrected chi connectivity index (χ2v) is 6.12. The predicted molar refractivity (Wildman–Crippen MR) is 77.0 cm³/mol. The van der Waals surface area contributed by atoms with Crippen molar-refractivity contribution in [3.05, 3.63) is 45.4 Å². The smallest absolute Gasteiger partial charge is 0.151 e. The molecule has 0 spiro atoms. The van der Waals surface area contributed by atoms with Crippen molar-refractivity contribution < 1.29 is 4.39 Å². The van der Waals surface area contributed by atoms with Gasteiger partial charge in [-0.25, -0.2) is 9.07 Å². The van der Waals surface area contributed by atoms with Crippen molar-refractivity contribution >= 4 is 23.2 Å². The Hall–Kier alpha value is -1.57.